The van der Waals surface area contributed by atoms with Crippen LogP contribution in [0, 0.1) is 25.2 Å². The van der Waals surface area contributed by atoms with Crippen molar-refractivity contribution in [1.82, 2.24) is 4.98 Å². The first-order chi connectivity index (χ1) is 12.1. The molecule has 1 aromatic heterocycles. The van der Waals surface area contributed by atoms with Crippen LogP contribution in [-0.4, -0.2) is 4.98 Å². The highest BCUT2D eigenvalue weighted by Gasteiger charge is 2.23. The van der Waals surface area contributed by atoms with E-state index < -0.39 is 0 Å². The maximum Gasteiger partial charge on any atom is 0.0670 e. The molecule has 1 aliphatic carbocycles. The van der Waals surface area contributed by atoms with Gasteiger partial charge >= 0.3 is 0 Å². The summed E-state index contributed by atoms with van der Waals surface area (Å²) in [5, 5.41) is 0. The molecule has 0 bridgehead atoms. The van der Waals surface area contributed by atoms with Gasteiger partial charge in [0.1, 0.15) is 0 Å². The first kappa shape index (κ1) is 17.2. The fourth-order valence-corrected chi connectivity index (χ4v) is 3.48. The fraction of sp³-hybridized carbons (Fsp3) is 0.292. The maximum absolute atomic E-state index is 5.45. The van der Waals surface area contributed by atoms with Crippen LogP contribution < -0.4 is 0 Å². The average Bonchev–Trinajstić information content (AvgIpc) is 2.98. The molecule has 0 N–H and O–H groups in total. The van der Waals surface area contributed by atoms with Gasteiger partial charge in [-0.3, -0.25) is 4.98 Å². The van der Waals surface area contributed by atoms with Gasteiger partial charge in [0.2, 0.25) is 0 Å². The third-order valence-corrected chi connectivity index (χ3v) is 5.05. The molecular weight excluding hydrogens is 302 g/mol. The Hall–Kier alpha value is -2.59. The van der Waals surface area contributed by atoms with Crippen molar-refractivity contribution in [3.05, 3.63) is 82.2 Å². The van der Waals surface area contributed by atoms with Crippen molar-refractivity contribution < 1.29 is 0 Å². The van der Waals surface area contributed by atoms with Gasteiger partial charge in [-0.25, -0.2) is 0 Å². The number of aromatic nitrogens is 1. The van der Waals surface area contributed by atoms with E-state index in [1.807, 2.05) is 12.1 Å². The number of hydrogen-bond donors (Lipinski definition) is 0. The Morgan fingerprint density at radius 3 is 2.52 bits per heavy atom. The first-order valence-electron chi connectivity index (χ1n) is 9.02. The number of benzene rings is 1. The van der Waals surface area contributed by atoms with E-state index in [-0.39, 0.29) is 0 Å². The zero-order chi connectivity index (χ0) is 17.8. The number of terminal acetylenes is 1. The molecule has 1 nitrogen and oxygen atoms in total. The summed E-state index contributed by atoms with van der Waals surface area (Å²) >= 11 is 0. The molecule has 1 unspecified atom stereocenters. The van der Waals surface area contributed by atoms with Gasteiger partial charge in [-0.05, 0) is 67.2 Å². The van der Waals surface area contributed by atoms with Gasteiger partial charge in [-0.15, -0.1) is 6.42 Å². The SMILES string of the molecule is C#Cc1ccc(CC2C(C)=CC=C2c2cc(C)c(CCC)cn2)cc1. The van der Waals surface area contributed by atoms with Crippen LogP contribution in [0.25, 0.3) is 5.57 Å². The molecule has 0 amide bonds. The van der Waals surface area contributed by atoms with E-state index in [9.17, 15) is 0 Å². The van der Waals surface area contributed by atoms with E-state index in [2.05, 4.69) is 63.2 Å². The van der Waals surface area contributed by atoms with E-state index in [1.165, 1.54) is 27.8 Å². The fourth-order valence-electron chi connectivity index (χ4n) is 3.48. The summed E-state index contributed by atoms with van der Waals surface area (Å²) in [5.41, 5.74) is 8.77. The smallest absolute Gasteiger partial charge is 0.0670 e. The molecule has 0 spiro atoms. The van der Waals surface area contributed by atoms with Crippen molar-refractivity contribution >= 4 is 5.57 Å². The van der Waals surface area contributed by atoms with Gasteiger partial charge < -0.3 is 0 Å². The van der Waals surface area contributed by atoms with Crippen molar-refractivity contribution in [2.75, 3.05) is 0 Å². The molecule has 0 fully saturated rings. The van der Waals surface area contributed by atoms with Crippen LogP contribution in [0.1, 0.15) is 48.2 Å². The lowest BCUT2D eigenvalue weighted by Gasteiger charge is -2.18. The molecule has 126 valence electrons. The number of aryl methyl sites for hydroxylation is 2. The van der Waals surface area contributed by atoms with Crippen LogP contribution in [0.2, 0.25) is 0 Å². The van der Waals surface area contributed by atoms with Crippen molar-refractivity contribution in [2.24, 2.45) is 5.92 Å². The first-order valence-corrected chi connectivity index (χ1v) is 9.02. The Morgan fingerprint density at radius 1 is 1.12 bits per heavy atom. The zero-order valence-corrected chi connectivity index (χ0v) is 15.3. The molecule has 0 radical (unpaired) electrons. The maximum atomic E-state index is 5.45. The van der Waals surface area contributed by atoms with Crippen LogP contribution in [0.4, 0.5) is 0 Å². The molecule has 0 saturated heterocycles. The van der Waals surface area contributed by atoms with Gasteiger partial charge in [0.25, 0.3) is 0 Å². The molecule has 1 aliphatic rings. The van der Waals surface area contributed by atoms with E-state index >= 15 is 0 Å². The Bertz CT molecular complexity index is 860. The van der Waals surface area contributed by atoms with Gasteiger partial charge in [0.05, 0.1) is 5.69 Å². The largest absolute Gasteiger partial charge is 0.256 e. The summed E-state index contributed by atoms with van der Waals surface area (Å²) < 4.78 is 0. The molecule has 1 heteroatoms. The van der Waals surface area contributed by atoms with Crippen LogP contribution in [0.15, 0.2) is 54.3 Å². The summed E-state index contributed by atoms with van der Waals surface area (Å²) in [7, 11) is 0. The Kier molecular flexibility index (Phi) is 5.19. The summed E-state index contributed by atoms with van der Waals surface area (Å²) in [4.78, 5) is 4.77. The third kappa shape index (κ3) is 3.74. The van der Waals surface area contributed by atoms with Crippen molar-refractivity contribution in [3.8, 4) is 12.3 Å². The van der Waals surface area contributed by atoms with Crippen molar-refractivity contribution in [1.29, 1.82) is 0 Å². The van der Waals surface area contributed by atoms with Crippen molar-refractivity contribution in [2.45, 2.75) is 40.0 Å². The monoisotopic (exact) mass is 327 g/mol. The normalized spacial score (nSPS) is 16.3. The standard InChI is InChI=1S/C24H25N/c1-5-7-21-16-25-24(14-18(21)4)22-13-8-17(3)23(22)15-20-11-9-19(6-2)10-12-20/h2,8-14,16,23H,5,7,15H2,1,3-4H3. The number of pyridine rings is 1. The summed E-state index contributed by atoms with van der Waals surface area (Å²) in [6.45, 7) is 6.61. The Labute approximate surface area is 151 Å². The number of allylic oxidation sites excluding steroid dienone is 4. The quantitative estimate of drug-likeness (QED) is 0.658. The topological polar surface area (TPSA) is 12.9 Å². The highest BCUT2D eigenvalue weighted by molar-refractivity contribution is 5.73. The van der Waals surface area contributed by atoms with Gasteiger partial charge in [-0.2, -0.15) is 0 Å². The van der Waals surface area contributed by atoms with Crippen LogP contribution in [0.5, 0.6) is 0 Å². The molecule has 1 atom stereocenters. The molecule has 1 heterocycles. The second-order valence-electron chi connectivity index (χ2n) is 6.88. The molecule has 25 heavy (non-hydrogen) atoms. The molecule has 2 aromatic rings. The molecular formula is C24H25N. The van der Waals surface area contributed by atoms with Gasteiger partial charge in [-0.1, -0.05) is 49.1 Å². The summed E-state index contributed by atoms with van der Waals surface area (Å²) in [6.07, 6.45) is 15.2. The second-order valence-corrected chi connectivity index (χ2v) is 6.88. The van der Waals surface area contributed by atoms with Crippen LogP contribution >= 0.6 is 0 Å². The summed E-state index contributed by atoms with van der Waals surface area (Å²) in [5.74, 6) is 3.07. The van der Waals surface area contributed by atoms with Crippen LogP contribution in [0.3, 0.4) is 0 Å². The average molecular weight is 327 g/mol. The molecule has 3 rings (SSSR count). The Balaban J connectivity index is 1.84. The lowest BCUT2D eigenvalue weighted by molar-refractivity contribution is 0.779. The highest BCUT2D eigenvalue weighted by Crippen LogP contribution is 2.36. The highest BCUT2D eigenvalue weighted by atomic mass is 14.7. The minimum atomic E-state index is 0.389. The molecule has 0 aliphatic heterocycles. The third-order valence-electron chi connectivity index (χ3n) is 5.05. The van der Waals surface area contributed by atoms with Crippen LogP contribution in [-0.2, 0) is 12.8 Å². The minimum absolute atomic E-state index is 0.389. The summed E-state index contributed by atoms with van der Waals surface area (Å²) in [6, 6.07) is 10.6. The zero-order valence-electron chi connectivity index (χ0n) is 15.3. The second kappa shape index (κ2) is 7.53. The lowest BCUT2D eigenvalue weighted by atomic mass is 9.87. The molecule has 1 aromatic carbocycles. The van der Waals surface area contributed by atoms with Gasteiger partial charge in [0.15, 0.2) is 0 Å². The Morgan fingerprint density at radius 2 is 1.88 bits per heavy atom. The predicted molar refractivity (Wildman–Crippen MR) is 106 cm³/mol. The van der Waals surface area contributed by atoms with E-state index in [4.69, 9.17) is 11.4 Å². The van der Waals surface area contributed by atoms with E-state index in [1.54, 1.807) is 0 Å². The van der Waals surface area contributed by atoms with Crippen molar-refractivity contribution in [3.63, 3.8) is 0 Å². The minimum Gasteiger partial charge on any atom is -0.256 e. The number of rotatable bonds is 5. The molecule has 0 saturated carbocycles. The van der Waals surface area contributed by atoms with E-state index in [0.717, 1.165) is 30.5 Å². The predicted octanol–water partition coefficient (Wildman–Crippen LogP) is 5.53. The lowest BCUT2D eigenvalue weighted by Crippen LogP contribution is -2.08. The van der Waals surface area contributed by atoms with E-state index in [0.29, 0.717) is 5.92 Å². The number of hydrogen-bond acceptors (Lipinski definition) is 1. The van der Waals surface area contributed by atoms with Gasteiger partial charge in [0, 0.05) is 17.7 Å². The number of nitrogens with zero attached hydrogens (tertiary/aromatic N) is 1.